The zero-order valence-electron chi connectivity index (χ0n) is 11.1. The number of benzene rings is 1. The van der Waals surface area contributed by atoms with Crippen molar-refractivity contribution in [3.8, 4) is 5.75 Å². The average molecular weight is 287 g/mol. The second kappa shape index (κ2) is 5.96. The molecule has 20 heavy (non-hydrogen) atoms. The van der Waals surface area contributed by atoms with Gasteiger partial charge in [0.1, 0.15) is 5.75 Å². The van der Waals surface area contributed by atoms with Crippen molar-refractivity contribution in [3.63, 3.8) is 0 Å². The third kappa shape index (κ3) is 2.93. The number of nitrogens with zero attached hydrogens (tertiary/aromatic N) is 1. The molecule has 1 unspecified atom stereocenters. The maximum absolute atomic E-state index is 5.98. The molecule has 0 aliphatic carbocycles. The molecule has 1 aliphatic heterocycles. The van der Waals surface area contributed by atoms with E-state index in [0.717, 1.165) is 17.7 Å². The van der Waals surface area contributed by atoms with Gasteiger partial charge in [0.15, 0.2) is 5.96 Å². The molecule has 1 atom stereocenters. The number of nitrogens with one attached hydrogen (secondary N) is 1. The van der Waals surface area contributed by atoms with Crippen molar-refractivity contribution in [1.29, 1.82) is 0 Å². The van der Waals surface area contributed by atoms with E-state index in [1.165, 1.54) is 4.88 Å². The Balaban J connectivity index is 1.67. The molecular weight excluding hydrogens is 270 g/mol. The smallest absolute Gasteiger partial charge is 0.189 e. The fraction of sp³-hybridized carbons (Fsp3) is 0.267. The lowest BCUT2D eigenvalue weighted by Crippen LogP contribution is -2.37. The van der Waals surface area contributed by atoms with E-state index in [1.54, 1.807) is 11.3 Å². The van der Waals surface area contributed by atoms with Crippen molar-refractivity contribution in [2.24, 2.45) is 10.7 Å². The third-order valence-corrected chi connectivity index (χ3v) is 4.13. The van der Waals surface area contributed by atoms with Crippen LogP contribution in [0.1, 0.15) is 22.9 Å². The van der Waals surface area contributed by atoms with Crippen LogP contribution in [0.5, 0.6) is 5.75 Å². The molecule has 0 amide bonds. The van der Waals surface area contributed by atoms with Crippen LogP contribution < -0.4 is 15.8 Å². The van der Waals surface area contributed by atoms with Gasteiger partial charge in [-0.2, -0.15) is 0 Å². The Bertz CT molecular complexity index is 595. The van der Waals surface area contributed by atoms with Gasteiger partial charge in [-0.15, -0.1) is 11.3 Å². The molecule has 2 heterocycles. The predicted molar refractivity (Wildman–Crippen MR) is 82.1 cm³/mol. The first-order valence-corrected chi connectivity index (χ1v) is 7.51. The van der Waals surface area contributed by atoms with Gasteiger partial charge in [0.05, 0.1) is 19.2 Å². The topological polar surface area (TPSA) is 59.6 Å². The summed E-state index contributed by atoms with van der Waals surface area (Å²) in [5.74, 6) is 1.42. The van der Waals surface area contributed by atoms with Crippen LogP contribution in [0.25, 0.3) is 0 Å². The molecule has 4 nitrogen and oxygen atoms in total. The van der Waals surface area contributed by atoms with Gasteiger partial charge in [-0.05, 0) is 17.5 Å². The van der Waals surface area contributed by atoms with Crippen molar-refractivity contribution in [2.75, 3.05) is 6.61 Å². The first-order valence-electron chi connectivity index (χ1n) is 6.63. The highest BCUT2D eigenvalue weighted by Gasteiger charge is 2.21. The predicted octanol–water partition coefficient (Wildman–Crippen LogP) is 2.68. The molecule has 3 N–H and O–H groups in total. The number of para-hydroxylation sites is 1. The summed E-state index contributed by atoms with van der Waals surface area (Å²) in [5.41, 5.74) is 7.13. The van der Waals surface area contributed by atoms with E-state index in [-0.39, 0.29) is 6.04 Å². The van der Waals surface area contributed by atoms with Gasteiger partial charge in [-0.3, -0.25) is 0 Å². The normalized spacial score (nSPS) is 18.2. The highest BCUT2D eigenvalue weighted by molar-refractivity contribution is 7.09. The van der Waals surface area contributed by atoms with Gasteiger partial charge in [0.25, 0.3) is 0 Å². The number of thiophene rings is 1. The Kier molecular flexibility index (Phi) is 3.87. The molecular formula is C15H17N3OS. The zero-order valence-corrected chi connectivity index (χ0v) is 11.9. The molecule has 1 aromatic heterocycles. The maximum Gasteiger partial charge on any atom is 0.189 e. The summed E-state index contributed by atoms with van der Waals surface area (Å²) < 4.78 is 5.64. The molecule has 0 bridgehead atoms. The lowest BCUT2D eigenvalue weighted by Gasteiger charge is -2.26. The van der Waals surface area contributed by atoms with E-state index < -0.39 is 0 Å². The van der Waals surface area contributed by atoms with Crippen molar-refractivity contribution in [1.82, 2.24) is 5.32 Å². The average Bonchev–Trinajstić information content (AvgIpc) is 2.99. The lowest BCUT2D eigenvalue weighted by molar-refractivity contribution is 0.262. The maximum atomic E-state index is 5.98. The number of rotatable bonds is 3. The summed E-state index contributed by atoms with van der Waals surface area (Å²) in [7, 11) is 0. The van der Waals surface area contributed by atoms with Gasteiger partial charge in [-0.1, -0.05) is 24.3 Å². The van der Waals surface area contributed by atoms with Crippen molar-refractivity contribution < 1.29 is 4.74 Å². The SMILES string of the molecule is NC(=NCc1cccs1)NC1CCOc2ccccc21. The van der Waals surface area contributed by atoms with Crippen molar-refractivity contribution in [2.45, 2.75) is 19.0 Å². The molecule has 1 aromatic carbocycles. The molecule has 0 saturated heterocycles. The summed E-state index contributed by atoms with van der Waals surface area (Å²) in [4.78, 5) is 5.60. The van der Waals surface area contributed by atoms with Crippen LogP contribution >= 0.6 is 11.3 Å². The zero-order chi connectivity index (χ0) is 13.8. The number of hydrogen-bond donors (Lipinski definition) is 2. The summed E-state index contributed by atoms with van der Waals surface area (Å²) in [6.45, 7) is 1.33. The minimum Gasteiger partial charge on any atom is -0.493 e. The van der Waals surface area contributed by atoms with E-state index >= 15 is 0 Å². The summed E-state index contributed by atoms with van der Waals surface area (Å²) >= 11 is 1.69. The molecule has 0 spiro atoms. The van der Waals surface area contributed by atoms with Gasteiger partial charge in [0, 0.05) is 16.9 Å². The van der Waals surface area contributed by atoms with Crippen LogP contribution in [-0.4, -0.2) is 12.6 Å². The first-order chi connectivity index (χ1) is 9.83. The number of aliphatic imine (C=N–C) groups is 1. The fourth-order valence-electron chi connectivity index (χ4n) is 2.28. The molecule has 2 aromatic rings. The number of guanidine groups is 1. The molecule has 3 rings (SSSR count). The Morgan fingerprint density at radius 2 is 2.25 bits per heavy atom. The Hall–Kier alpha value is -2.01. The molecule has 1 aliphatic rings. The van der Waals surface area contributed by atoms with E-state index in [4.69, 9.17) is 10.5 Å². The largest absolute Gasteiger partial charge is 0.493 e. The monoisotopic (exact) mass is 287 g/mol. The highest BCUT2D eigenvalue weighted by atomic mass is 32.1. The lowest BCUT2D eigenvalue weighted by atomic mass is 10.0. The molecule has 0 saturated carbocycles. The Morgan fingerprint density at radius 1 is 1.35 bits per heavy atom. The van der Waals surface area contributed by atoms with Gasteiger partial charge in [0.2, 0.25) is 0 Å². The number of fused-ring (bicyclic) bond motifs is 1. The molecule has 5 heteroatoms. The number of nitrogens with two attached hydrogens (primary N) is 1. The van der Waals surface area contributed by atoms with E-state index in [0.29, 0.717) is 19.1 Å². The van der Waals surface area contributed by atoms with Crippen LogP contribution in [0.2, 0.25) is 0 Å². The minimum atomic E-state index is 0.173. The quantitative estimate of drug-likeness (QED) is 0.674. The summed E-state index contributed by atoms with van der Waals surface area (Å²) in [5, 5.41) is 5.33. The molecule has 104 valence electrons. The van der Waals surface area contributed by atoms with Crippen LogP contribution in [0.15, 0.2) is 46.8 Å². The van der Waals surface area contributed by atoms with Crippen LogP contribution in [-0.2, 0) is 6.54 Å². The van der Waals surface area contributed by atoms with Gasteiger partial charge in [-0.25, -0.2) is 4.99 Å². The van der Waals surface area contributed by atoms with Gasteiger partial charge >= 0.3 is 0 Å². The van der Waals surface area contributed by atoms with Crippen LogP contribution in [0, 0.1) is 0 Å². The minimum absolute atomic E-state index is 0.173. The first kappa shape index (κ1) is 13.0. The highest BCUT2D eigenvalue weighted by Crippen LogP contribution is 2.31. The van der Waals surface area contributed by atoms with Crippen molar-refractivity contribution in [3.05, 3.63) is 52.2 Å². The summed E-state index contributed by atoms with van der Waals surface area (Å²) in [6.07, 6.45) is 0.895. The second-order valence-electron chi connectivity index (χ2n) is 4.65. The van der Waals surface area contributed by atoms with E-state index in [2.05, 4.69) is 22.4 Å². The molecule has 0 radical (unpaired) electrons. The van der Waals surface area contributed by atoms with Gasteiger partial charge < -0.3 is 15.8 Å². The second-order valence-corrected chi connectivity index (χ2v) is 5.68. The van der Waals surface area contributed by atoms with Crippen LogP contribution in [0.3, 0.4) is 0 Å². The third-order valence-electron chi connectivity index (χ3n) is 3.27. The van der Waals surface area contributed by atoms with E-state index in [9.17, 15) is 0 Å². The Labute approximate surface area is 122 Å². The van der Waals surface area contributed by atoms with Crippen molar-refractivity contribution >= 4 is 17.3 Å². The van der Waals surface area contributed by atoms with Crippen LogP contribution in [0.4, 0.5) is 0 Å². The summed E-state index contributed by atoms with van der Waals surface area (Å²) in [6, 6.07) is 12.3. The number of ether oxygens (including phenoxy) is 1. The fourth-order valence-corrected chi connectivity index (χ4v) is 2.91. The molecule has 0 fully saturated rings. The Morgan fingerprint density at radius 3 is 3.10 bits per heavy atom. The standard InChI is InChI=1S/C15H17N3OS/c16-15(17-10-11-4-3-9-20-11)18-13-7-8-19-14-6-2-1-5-12(13)14/h1-6,9,13H,7-8,10H2,(H3,16,17,18). The van der Waals surface area contributed by atoms with E-state index in [1.807, 2.05) is 29.6 Å². The number of hydrogen-bond acceptors (Lipinski definition) is 3.